The molecule has 10 heteroatoms. The van der Waals surface area contributed by atoms with Gasteiger partial charge in [-0.2, -0.15) is 5.26 Å². The zero-order chi connectivity index (χ0) is 25.9. The van der Waals surface area contributed by atoms with Gasteiger partial charge in [0.05, 0.1) is 18.8 Å². The Morgan fingerprint density at radius 3 is 2.78 bits per heavy atom. The molecule has 0 saturated carbocycles. The number of benzene rings is 1. The van der Waals surface area contributed by atoms with E-state index in [4.69, 9.17) is 0 Å². The molecular formula is C27H18F2N6O2. The number of fused-ring (bicyclic) bond motifs is 1. The van der Waals surface area contributed by atoms with Crippen LogP contribution in [0.15, 0.2) is 78.0 Å². The monoisotopic (exact) mass is 496 g/mol. The molecule has 0 aliphatic heterocycles. The summed E-state index contributed by atoms with van der Waals surface area (Å²) in [5.41, 5.74) is 2.52. The van der Waals surface area contributed by atoms with Gasteiger partial charge in [-0.25, -0.2) is 18.7 Å². The standard InChI is InChI=1S/C27H18F2N6O2/c28-23-6-5-16(9-24(23)29)15-35-8-2-4-21(27(35)37)26(36)33-13-19-11-17(10-18(12-30)34-19)22-14-32-25-20(22)3-1-7-31-25/h1-11,14H,13,15H2,(H,31,32)(H,33,36). The number of rotatable bonds is 6. The molecule has 0 aliphatic carbocycles. The topological polar surface area (TPSA) is 116 Å². The molecule has 37 heavy (non-hydrogen) atoms. The van der Waals surface area contributed by atoms with Gasteiger partial charge >= 0.3 is 0 Å². The maximum absolute atomic E-state index is 13.5. The number of amides is 1. The number of carbonyl (C=O) groups is 1. The number of hydrogen-bond acceptors (Lipinski definition) is 5. The maximum Gasteiger partial charge on any atom is 0.263 e. The summed E-state index contributed by atoms with van der Waals surface area (Å²) in [6.45, 7) is -0.0643. The van der Waals surface area contributed by atoms with Crippen LogP contribution in [-0.4, -0.2) is 25.4 Å². The van der Waals surface area contributed by atoms with E-state index in [1.54, 1.807) is 24.5 Å². The molecule has 182 valence electrons. The quantitative estimate of drug-likeness (QED) is 0.370. The second-order valence-electron chi connectivity index (χ2n) is 8.23. The minimum atomic E-state index is -1.02. The smallest absolute Gasteiger partial charge is 0.263 e. The molecule has 1 aromatic carbocycles. The normalized spacial score (nSPS) is 10.8. The largest absolute Gasteiger partial charge is 0.346 e. The van der Waals surface area contributed by atoms with Crippen LogP contribution in [0, 0.1) is 23.0 Å². The zero-order valence-electron chi connectivity index (χ0n) is 19.2. The van der Waals surface area contributed by atoms with Crippen molar-refractivity contribution in [3.05, 3.63) is 118 Å². The number of carbonyl (C=O) groups excluding carboxylic acids is 1. The molecule has 8 nitrogen and oxygen atoms in total. The Kier molecular flexibility index (Phi) is 6.26. The molecule has 5 rings (SSSR count). The lowest BCUT2D eigenvalue weighted by atomic mass is 10.0. The molecule has 0 fully saturated rings. The van der Waals surface area contributed by atoms with E-state index in [0.717, 1.165) is 28.6 Å². The van der Waals surface area contributed by atoms with Crippen LogP contribution in [0.2, 0.25) is 0 Å². The van der Waals surface area contributed by atoms with Gasteiger partial charge in [0.2, 0.25) is 0 Å². The van der Waals surface area contributed by atoms with E-state index < -0.39 is 23.1 Å². The molecule has 0 unspecified atom stereocenters. The van der Waals surface area contributed by atoms with Gasteiger partial charge in [-0.15, -0.1) is 0 Å². The molecule has 0 spiro atoms. The van der Waals surface area contributed by atoms with Gasteiger partial charge in [0, 0.05) is 29.5 Å². The summed E-state index contributed by atoms with van der Waals surface area (Å²) in [5.74, 6) is -2.63. The van der Waals surface area contributed by atoms with Crippen molar-refractivity contribution in [2.24, 2.45) is 0 Å². The van der Waals surface area contributed by atoms with Crippen molar-refractivity contribution in [1.82, 2.24) is 24.8 Å². The second kappa shape index (κ2) is 9.83. The molecule has 0 saturated heterocycles. The molecular weight excluding hydrogens is 478 g/mol. The Morgan fingerprint density at radius 1 is 1.11 bits per heavy atom. The minimum absolute atomic E-state index is 0.0283. The summed E-state index contributed by atoms with van der Waals surface area (Å²) < 4.78 is 28.0. The molecule has 0 radical (unpaired) electrons. The zero-order valence-corrected chi connectivity index (χ0v) is 19.2. The van der Waals surface area contributed by atoms with E-state index in [9.17, 15) is 23.6 Å². The average molecular weight is 496 g/mol. The lowest BCUT2D eigenvalue weighted by Gasteiger charge is -2.10. The van der Waals surface area contributed by atoms with E-state index in [1.165, 1.54) is 29.0 Å². The van der Waals surface area contributed by atoms with Gasteiger partial charge in [0.15, 0.2) is 11.6 Å². The van der Waals surface area contributed by atoms with E-state index in [1.807, 2.05) is 18.2 Å². The summed E-state index contributed by atoms with van der Waals surface area (Å²) in [4.78, 5) is 37.4. The molecule has 4 heterocycles. The number of H-pyrrole nitrogens is 1. The SMILES string of the molecule is N#Cc1cc(-c2c[nH]c3ncccc23)cc(CNC(=O)c2cccn(Cc3ccc(F)c(F)c3)c2=O)n1. The first-order valence-corrected chi connectivity index (χ1v) is 11.2. The molecule has 0 aliphatic rings. The Morgan fingerprint density at radius 2 is 1.97 bits per heavy atom. The van der Waals surface area contributed by atoms with Gasteiger partial charge in [-0.05, 0) is 59.7 Å². The van der Waals surface area contributed by atoms with Crippen LogP contribution >= 0.6 is 0 Å². The predicted octanol–water partition coefficient (Wildman–Crippen LogP) is 3.91. The van der Waals surface area contributed by atoms with Gasteiger partial charge in [-0.3, -0.25) is 9.59 Å². The molecule has 5 aromatic rings. The summed E-state index contributed by atoms with van der Waals surface area (Å²) in [6.07, 6.45) is 4.92. The number of aromatic nitrogens is 4. The first-order chi connectivity index (χ1) is 17.9. The fraction of sp³-hybridized carbons (Fsp3) is 0.0741. The van der Waals surface area contributed by atoms with Crippen LogP contribution in [0.25, 0.3) is 22.2 Å². The van der Waals surface area contributed by atoms with E-state index in [2.05, 4.69) is 20.3 Å². The first-order valence-electron chi connectivity index (χ1n) is 11.2. The Balaban J connectivity index is 1.37. The van der Waals surface area contributed by atoms with E-state index in [-0.39, 0.29) is 24.3 Å². The number of nitriles is 1. The van der Waals surface area contributed by atoms with Crippen molar-refractivity contribution in [2.45, 2.75) is 13.1 Å². The number of pyridine rings is 3. The summed E-state index contributed by atoms with van der Waals surface area (Å²) in [5, 5.41) is 13.0. The average Bonchev–Trinajstić information content (AvgIpc) is 3.35. The summed E-state index contributed by atoms with van der Waals surface area (Å²) in [6, 6.07) is 15.4. The maximum atomic E-state index is 13.5. The highest BCUT2D eigenvalue weighted by molar-refractivity contribution is 5.94. The Labute approximate surface area is 208 Å². The van der Waals surface area contributed by atoms with E-state index in [0.29, 0.717) is 16.9 Å². The third-order valence-electron chi connectivity index (χ3n) is 5.79. The summed E-state index contributed by atoms with van der Waals surface area (Å²) >= 11 is 0. The molecule has 0 atom stereocenters. The van der Waals surface area contributed by atoms with Crippen LogP contribution < -0.4 is 10.9 Å². The third kappa shape index (κ3) is 4.83. The highest BCUT2D eigenvalue weighted by Gasteiger charge is 2.15. The van der Waals surface area contributed by atoms with Crippen molar-refractivity contribution < 1.29 is 13.6 Å². The fourth-order valence-corrected chi connectivity index (χ4v) is 4.02. The highest BCUT2D eigenvalue weighted by atomic mass is 19.2. The first kappa shape index (κ1) is 23.6. The summed E-state index contributed by atoms with van der Waals surface area (Å²) in [7, 11) is 0. The predicted molar refractivity (Wildman–Crippen MR) is 131 cm³/mol. The molecule has 4 aromatic heterocycles. The highest BCUT2D eigenvalue weighted by Crippen LogP contribution is 2.28. The Hall–Kier alpha value is -5.17. The van der Waals surface area contributed by atoms with Crippen LogP contribution in [-0.2, 0) is 13.1 Å². The van der Waals surface area contributed by atoms with Gasteiger partial charge in [0.1, 0.15) is 23.0 Å². The van der Waals surface area contributed by atoms with Crippen molar-refractivity contribution in [1.29, 1.82) is 5.26 Å². The Bertz CT molecular complexity index is 1750. The van der Waals surface area contributed by atoms with Crippen molar-refractivity contribution in [2.75, 3.05) is 0 Å². The lowest BCUT2D eigenvalue weighted by molar-refractivity contribution is 0.0948. The lowest BCUT2D eigenvalue weighted by Crippen LogP contribution is -2.32. The van der Waals surface area contributed by atoms with Crippen LogP contribution in [0.4, 0.5) is 8.78 Å². The van der Waals surface area contributed by atoms with Crippen LogP contribution in [0.5, 0.6) is 0 Å². The van der Waals surface area contributed by atoms with Gasteiger partial charge in [-0.1, -0.05) is 6.07 Å². The van der Waals surface area contributed by atoms with Crippen molar-refractivity contribution >= 4 is 16.9 Å². The van der Waals surface area contributed by atoms with E-state index >= 15 is 0 Å². The number of hydrogen-bond donors (Lipinski definition) is 2. The van der Waals surface area contributed by atoms with Crippen molar-refractivity contribution in [3.63, 3.8) is 0 Å². The van der Waals surface area contributed by atoms with Crippen molar-refractivity contribution in [3.8, 4) is 17.2 Å². The number of nitrogens with one attached hydrogen (secondary N) is 2. The molecule has 1 amide bonds. The molecule has 0 bridgehead atoms. The van der Waals surface area contributed by atoms with Gasteiger partial charge < -0.3 is 14.9 Å². The third-order valence-corrected chi connectivity index (χ3v) is 5.79. The number of halogens is 2. The number of nitrogens with zero attached hydrogens (tertiary/aromatic N) is 4. The fourth-order valence-electron chi connectivity index (χ4n) is 4.02. The molecule has 2 N–H and O–H groups in total. The van der Waals surface area contributed by atoms with Gasteiger partial charge in [0.25, 0.3) is 11.5 Å². The number of aromatic amines is 1. The minimum Gasteiger partial charge on any atom is -0.346 e. The second-order valence-corrected chi connectivity index (χ2v) is 8.23. The van der Waals surface area contributed by atoms with Crippen LogP contribution in [0.3, 0.4) is 0 Å². The van der Waals surface area contributed by atoms with Crippen LogP contribution in [0.1, 0.15) is 27.3 Å².